The Morgan fingerprint density at radius 3 is 2.38 bits per heavy atom. The van der Waals surface area contributed by atoms with Gasteiger partial charge in [-0.15, -0.1) is 0 Å². The van der Waals surface area contributed by atoms with Gasteiger partial charge >= 0.3 is 0 Å². The normalized spacial score (nSPS) is 10.1. The standard InChI is InChI=1S/C14H13O2/c15-10-13-7-4-8-14(9-13)16-11-12-5-2-1-3-6-12/h1-9H,10-11H2. The highest BCUT2D eigenvalue weighted by atomic mass is 16.5. The van der Waals surface area contributed by atoms with Gasteiger partial charge in [-0.1, -0.05) is 42.5 Å². The molecule has 2 rings (SSSR count). The van der Waals surface area contributed by atoms with Crippen molar-refractivity contribution in [3.05, 3.63) is 65.7 Å². The van der Waals surface area contributed by atoms with Crippen molar-refractivity contribution in [3.63, 3.8) is 0 Å². The van der Waals surface area contributed by atoms with E-state index in [-0.39, 0.29) is 6.61 Å². The number of rotatable bonds is 4. The lowest BCUT2D eigenvalue weighted by molar-refractivity contribution is 0.177. The van der Waals surface area contributed by atoms with Crippen LogP contribution in [-0.2, 0) is 18.3 Å². The molecule has 2 nitrogen and oxygen atoms in total. The first-order valence-electron chi connectivity index (χ1n) is 5.22. The molecule has 0 aliphatic carbocycles. The van der Waals surface area contributed by atoms with Crippen LogP contribution in [0.25, 0.3) is 0 Å². The van der Waals surface area contributed by atoms with Crippen LogP contribution in [0.1, 0.15) is 11.1 Å². The largest absolute Gasteiger partial charge is 0.489 e. The molecule has 81 valence electrons. The summed E-state index contributed by atoms with van der Waals surface area (Å²) < 4.78 is 5.60. The van der Waals surface area contributed by atoms with Crippen molar-refractivity contribution in [2.45, 2.75) is 13.2 Å². The molecule has 16 heavy (non-hydrogen) atoms. The summed E-state index contributed by atoms with van der Waals surface area (Å²) in [6.45, 7) is 0.325. The van der Waals surface area contributed by atoms with Crippen LogP contribution in [0.2, 0.25) is 0 Å². The van der Waals surface area contributed by atoms with Gasteiger partial charge in [-0.05, 0) is 23.3 Å². The minimum absolute atomic E-state index is 0.206. The van der Waals surface area contributed by atoms with E-state index in [1.54, 1.807) is 6.07 Å². The Morgan fingerprint density at radius 2 is 1.62 bits per heavy atom. The Balaban J connectivity index is 1.99. The minimum atomic E-state index is -0.206. The Labute approximate surface area is 95.1 Å². The van der Waals surface area contributed by atoms with Crippen molar-refractivity contribution >= 4 is 0 Å². The zero-order valence-electron chi connectivity index (χ0n) is 8.93. The van der Waals surface area contributed by atoms with Gasteiger partial charge in [-0.25, -0.2) is 5.11 Å². The fourth-order valence-corrected chi connectivity index (χ4v) is 1.47. The predicted octanol–water partition coefficient (Wildman–Crippen LogP) is 3.20. The van der Waals surface area contributed by atoms with Crippen LogP contribution < -0.4 is 4.74 Å². The Kier molecular flexibility index (Phi) is 3.57. The first kappa shape index (κ1) is 10.7. The quantitative estimate of drug-likeness (QED) is 0.766. The van der Waals surface area contributed by atoms with Gasteiger partial charge in [0.25, 0.3) is 0 Å². The molecule has 0 aliphatic rings. The second-order valence-corrected chi connectivity index (χ2v) is 3.57. The van der Waals surface area contributed by atoms with E-state index in [0.717, 1.165) is 16.9 Å². The zero-order chi connectivity index (χ0) is 11.2. The van der Waals surface area contributed by atoms with E-state index in [1.165, 1.54) is 0 Å². The van der Waals surface area contributed by atoms with Crippen LogP contribution in [-0.4, -0.2) is 0 Å². The van der Waals surface area contributed by atoms with Gasteiger partial charge in [0, 0.05) is 0 Å². The molecule has 0 fully saturated rings. The van der Waals surface area contributed by atoms with Crippen LogP contribution in [0, 0.1) is 0 Å². The van der Waals surface area contributed by atoms with E-state index in [2.05, 4.69) is 0 Å². The predicted molar refractivity (Wildman–Crippen MR) is 61.6 cm³/mol. The summed E-state index contributed by atoms with van der Waals surface area (Å²) in [5, 5.41) is 10.7. The van der Waals surface area contributed by atoms with Crippen molar-refractivity contribution < 1.29 is 9.84 Å². The summed E-state index contributed by atoms with van der Waals surface area (Å²) >= 11 is 0. The van der Waals surface area contributed by atoms with Gasteiger partial charge in [-0.3, -0.25) is 0 Å². The lowest BCUT2D eigenvalue weighted by Crippen LogP contribution is -1.95. The summed E-state index contributed by atoms with van der Waals surface area (Å²) in [4.78, 5) is 0. The second-order valence-electron chi connectivity index (χ2n) is 3.57. The molecule has 2 heteroatoms. The molecule has 0 bridgehead atoms. The molecular formula is C14H13O2. The highest BCUT2D eigenvalue weighted by Gasteiger charge is 1.97. The molecule has 0 aliphatic heterocycles. The van der Waals surface area contributed by atoms with Gasteiger partial charge in [-0.2, -0.15) is 0 Å². The summed E-state index contributed by atoms with van der Waals surface area (Å²) in [6.07, 6.45) is 0. The molecule has 0 heterocycles. The van der Waals surface area contributed by atoms with E-state index < -0.39 is 0 Å². The van der Waals surface area contributed by atoms with Crippen LogP contribution in [0.3, 0.4) is 0 Å². The van der Waals surface area contributed by atoms with Crippen LogP contribution in [0.15, 0.2) is 54.6 Å². The fourth-order valence-electron chi connectivity index (χ4n) is 1.47. The van der Waals surface area contributed by atoms with Crippen molar-refractivity contribution in [1.82, 2.24) is 0 Å². The Bertz CT molecular complexity index is 437. The van der Waals surface area contributed by atoms with Crippen LogP contribution >= 0.6 is 0 Å². The third kappa shape index (κ3) is 2.84. The molecule has 0 amide bonds. The van der Waals surface area contributed by atoms with Gasteiger partial charge in [0.05, 0.1) is 0 Å². The molecule has 0 atom stereocenters. The molecule has 0 aromatic heterocycles. The van der Waals surface area contributed by atoms with Crippen LogP contribution in [0.5, 0.6) is 5.75 Å². The topological polar surface area (TPSA) is 29.1 Å². The smallest absolute Gasteiger partial charge is 0.120 e. The van der Waals surface area contributed by atoms with E-state index in [0.29, 0.717) is 6.61 Å². The number of hydrogen-bond donors (Lipinski definition) is 0. The highest BCUT2D eigenvalue weighted by molar-refractivity contribution is 5.28. The number of benzene rings is 2. The molecule has 0 N–H and O–H groups in total. The lowest BCUT2D eigenvalue weighted by atomic mass is 10.2. The van der Waals surface area contributed by atoms with Gasteiger partial charge in [0.1, 0.15) is 19.0 Å². The summed E-state index contributed by atoms with van der Waals surface area (Å²) in [5.74, 6) is 0.747. The maximum atomic E-state index is 10.7. The highest BCUT2D eigenvalue weighted by Crippen LogP contribution is 2.15. The maximum Gasteiger partial charge on any atom is 0.120 e. The van der Waals surface area contributed by atoms with Gasteiger partial charge < -0.3 is 4.74 Å². The molecule has 1 radical (unpaired) electrons. The molecular weight excluding hydrogens is 200 g/mol. The molecule has 2 aromatic rings. The average Bonchev–Trinajstić information content (AvgIpc) is 2.38. The maximum absolute atomic E-state index is 10.7. The molecule has 0 saturated carbocycles. The number of hydrogen-bond acceptors (Lipinski definition) is 1. The summed E-state index contributed by atoms with van der Waals surface area (Å²) in [5.41, 5.74) is 1.88. The monoisotopic (exact) mass is 213 g/mol. The van der Waals surface area contributed by atoms with Crippen molar-refractivity contribution in [2.75, 3.05) is 0 Å². The number of ether oxygens (including phenoxy) is 1. The Morgan fingerprint density at radius 1 is 0.875 bits per heavy atom. The van der Waals surface area contributed by atoms with Crippen molar-refractivity contribution in [2.24, 2.45) is 0 Å². The van der Waals surface area contributed by atoms with Crippen LogP contribution in [0.4, 0.5) is 0 Å². The molecule has 0 unspecified atom stereocenters. The fraction of sp³-hybridized carbons (Fsp3) is 0.143. The minimum Gasteiger partial charge on any atom is -0.489 e. The third-order valence-electron chi connectivity index (χ3n) is 2.31. The van der Waals surface area contributed by atoms with E-state index in [4.69, 9.17) is 4.74 Å². The molecule has 0 spiro atoms. The Hall–Kier alpha value is -1.80. The van der Waals surface area contributed by atoms with Gasteiger partial charge in [0.2, 0.25) is 0 Å². The SMILES string of the molecule is [O]Cc1cccc(OCc2ccccc2)c1. The third-order valence-corrected chi connectivity index (χ3v) is 2.31. The first-order valence-corrected chi connectivity index (χ1v) is 5.22. The molecule has 2 aromatic carbocycles. The molecule has 0 saturated heterocycles. The van der Waals surface area contributed by atoms with E-state index in [9.17, 15) is 5.11 Å². The van der Waals surface area contributed by atoms with Crippen molar-refractivity contribution in [3.8, 4) is 5.75 Å². The van der Waals surface area contributed by atoms with Gasteiger partial charge in [0.15, 0.2) is 0 Å². The zero-order valence-corrected chi connectivity index (χ0v) is 8.93. The summed E-state index contributed by atoms with van der Waals surface area (Å²) in [6, 6.07) is 17.3. The summed E-state index contributed by atoms with van der Waals surface area (Å²) in [7, 11) is 0. The van der Waals surface area contributed by atoms with E-state index in [1.807, 2.05) is 48.5 Å². The lowest BCUT2D eigenvalue weighted by Gasteiger charge is -2.06. The van der Waals surface area contributed by atoms with Crippen molar-refractivity contribution in [1.29, 1.82) is 0 Å². The average molecular weight is 213 g/mol. The first-order chi connectivity index (χ1) is 7.88. The van der Waals surface area contributed by atoms with E-state index >= 15 is 0 Å². The second kappa shape index (κ2) is 5.33.